The molecule has 2 aliphatic rings. The molecule has 0 saturated carbocycles. The molecule has 156 valence electrons. The van der Waals surface area contributed by atoms with Gasteiger partial charge in [-0.05, 0) is 87.0 Å². The summed E-state index contributed by atoms with van der Waals surface area (Å²) in [6.45, 7) is 4.27. The summed E-state index contributed by atoms with van der Waals surface area (Å²) in [5.74, 6) is 0. The molecule has 0 saturated heterocycles. The van der Waals surface area contributed by atoms with E-state index < -0.39 is 0 Å². The molecule has 0 aromatic heterocycles. The Labute approximate surface area is 255 Å². The quantitative estimate of drug-likeness (QED) is 0.298. The normalized spacial score (nSPS) is 14.5. The topological polar surface area (TPSA) is 47.6 Å². The van der Waals surface area contributed by atoms with Crippen molar-refractivity contribution in [1.82, 2.24) is 0 Å². The molecule has 0 aliphatic heterocycles. The maximum Gasteiger partial charge on any atom is 0 e. The molecule has 2 aromatic carbocycles. The van der Waals surface area contributed by atoms with Crippen LogP contribution in [0.3, 0.4) is 0 Å². The fraction of sp³-hybridized carbons (Fsp3) is 0.462. The van der Waals surface area contributed by atoms with Crippen molar-refractivity contribution in [2.24, 2.45) is 0 Å². The molecule has 0 amide bonds. The van der Waals surface area contributed by atoms with Gasteiger partial charge in [0.15, 0.2) is 0 Å². The maximum atomic E-state index is 7.88. The first-order valence-electron chi connectivity index (χ1n) is 11.0. The Morgan fingerprint density at radius 1 is 0.733 bits per heavy atom. The predicted octanol–water partition coefficient (Wildman–Crippen LogP) is 8.48. The van der Waals surface area contributed by atoms with Crippen LogP contribution in [0.15, 0.2) is 30.3 Å². The molecule has 0 heterocycles. The van der Waals surface area contributed by atoms with Gasteiger partial charge in [-0.25, -0.2) is 0 Å². The summed E-state index contributed by atoms with van der Waals surface area (Å²) in [6.07, 6.45) is 16.3. The summed E-state index contributed by atoms with van der Waals surface area (Å²) in [6, 6.07) is 8.15. The van der Waals surface area contributed by atoms with Crippen molar-refractivity contribution in [3.05, 3.63) is 75.2 Å². The smallest absolute Gasteiger partial charge is 0 e. The van der Waals surface area contributed by atoms with Crippen molar-refractivity contribution in [1.29, 1.82) is 0 Å². The van der Waals surface area contributed by atoms with Crippen molar-refractivity contribution in [2.45, 2.75) is 78.1 Å². The van der Waals surface area contributed by atoms with Gasteiger partial charge in [-0.1, -0.05) is 60.9 Å². The summed E-state index contributed by atoms with van der Waals surface area (Å²) in [5.41, 5.74) is 25.6. The molecule has 0 fully saturated rings. The van der Waals surface area contributed by atoms with Gasteiger partial charge in [0.1, 0.15) is 0 Å². The molecule has 2 aliphatic carbocycles. The molecule has 2 aromatic rings. The van der Waals surface area contributed by atoms with Crippen molar-refractivity contribution in [3.63, 3.8) is 0 Å². The van der Waals surface area contributed by atoms with Gasteiger partial charge in [-0.2, -0.15) is 0 Å². The van der Waals surface area contributed by atoms with E-state index in [-0.39, 0.29) is 88.1 Å². The average Bonchev–Trinajstić information content (AvgIpc) is 2.73. The third kappa shape index (κ3) is 7.34. The Hall–Kier alpha value is 0.663. The minimum absolute atomic E-state index is 0. The predicted molar refractivity (Wildman–Crippen MR) is 123 cm³/mol. The number of hydrogen-bond donors (Lipinski definition) is 0. The van der Waals surface area contributed by atoms with Crippen LogP contribution in [-0.2, 0) is 32.1 Å². The van der Waals surface area contributed by atoms with Gasteiger partial charge in [-0.15, -0.1) is 11.4 Å². The van der Waals surface area contributed by atoms with Crippen molar-refractivity contribution >= 4 is 17.5 Å². The van der Waals surface area contributed by atoms with Crippen molar-refractivity contribution < 1.29 is 88.1 Å². The van der Waals surface area contributed by atoms with Gasteiger partial charge >= 0.3 is 0 Å². The fourth-order valence-electron chi connectivity index (χ4n) is 4.68. The van der Waals surface area contributed by atoms with E-state index in [1.807, 2.05) is 19.1 Å². The van der Waals surface area contributed by atoms with Crippen LogP contribution in [0.1, 0.15) is 79.3 Å². The molecule has 2 nitrogen and oxygen atoms in total. The molecule has 4 rings (SSSR count). The monoisotopic (exact) mass is 828 g/mol. The number of aryl methyl sites for hydroxylation is 1. The molecule has 2 radical (unpaired) electrons. The van der Waals surface area contributed by atoms with Crippen LogP contribution in [0.4, 0.5) is 11.4 Å². The number of allylic oxidation sites excluding steroid dienone is 1. The molecule has 0 spiro atoms. The van der Waals surface area contributed by atoms with Crippen LogP contribution in [0.25, 0.3) is 17.5 Å². The van der Waals surface area contributed by atoms with E-state index in [1.165, 1.54) is 78.3 Å². The van der Waals surface area contributed by atoms with E-state index in [0.717, 1.165) is 30.6 Å². The second kappa shape index (κ2) is 14.7. The Morgan fingerprint density at radius 3 is 1.80 bits per heavy atom. The molecular weight excluding hydrogens is 794 g/mol. The number of hydrogen-bond acceptors (Lipinski definition) is 0. The molecule has 2 N–H and O–H groups in total. The van der Waals surface area contributed by atoms with Gasteiger partial charge in [0.25, 0.3) is 0 Å². The maximum absolute atomic E-state index is 7.88. The zero-order chi connectivity index (χ0) is 19.9. The van der Waals surface area contributed by atoms with E-state index in [2.05, 4.69) is 31.2 Å². The molecule has 30 heavy (non-hydrogen) atoms. The van der Waals surface area contributed by atoms with E-state index in [4.69, 9.17) is 11.5 Å². The van der Waals surface area contributed by atoms with Crippen LogP contribution in [0, 0.1) is 88.1 Å². The number of benzene rings is 2. The van der Waals surface area contributed by atoms with Crippen LogP contribution in [0.2, 0.25) is 0 Å². The van der Waals surface area contributed by atoms with E-state index in [9.17, 15) is 0 Å². The SMILES string of the molecule is C/C=C/c1ccc([NH-])c2c1CCCC2.CCCc1ccc([NH-])c2c1CCCC2.[Ac].[Ac]. The van der Waals surface area contributed by atoms with Crippen molar-refractivity contribution in [3.8, 4) is 0 Å². The fourth-order valence-corrected chi connectivity index (χ4v) is 4.68. The Morgan fingerprint density at radius 2 is 1.23 bits per heavy atom. The first kappa shape index (κ1) is 28.7. The number of rotatable bonds is 3. The van der Waals surface area contributed by atoms with E-state index >= 15 is 0 Å². The van der Waals surface area contributed by atoms with Gasteiger partial charge in [0.2, 0.25) is 0 Å². The molecular formula is C26H34Ac2N2-2. The third-order valence-corrected chi connectivity index (χ3v) is 6.07. The zero-order valence-electron chi connectivity index (χ0n) is 18.7. The molecule has 0 atom stereocenters. The van der Waals surface area contributed by atoms with E-state index in [0.29, 0.717) is 0 Å². The Balaban J connectivity index is 0.000000281. The average molecular weight is 829 g/mol. The first-order valence-corrected chi connectivity index (χ1v) is 11.0. The standard InChI is InChI=1S/C13H18N.C13H16N.2Ac/c2*1-2-5-10-8-9-13(14)12-7-4-3-6-11(10)12;;/h8-9,14H,2-7H2,1H3;2,5,8-9,14H,3-4,6-7H2,1H3;;/q2*-1;;/b;5-2+;;. The zero-order valence-corrected chi connectivity index (χ0v) is 28.2. The van der Waals surface area contributed by atoms with Gasteiger partial charge < -0.3 is 11.5 Å². The molecule has 4 heteroatoms. The van der Waals surface area contributed by atoms with Crippen LogP contribution >= 0.6 is 0 Å². The number of nitrogens with one attached hydrogen (secondary N) is 2. The summed E-state index contributed by atoms with van der Waals surface area (Å²) < 4.78 is 0. The summed E-state index contributed by atoms with van der Waals surface area (Å²) in [4.78, 5) is 0. The van der Waals surface area contributed by atoms with Crippen molar-refractivity contribution in [2.75, 3.05) is 0 Å². The largest absolute Gasteiger partial charge is 0.698 e. The Bertz CT molecular complexity index is 843. The second-order valence-corrected chi connectivity index (χ2v) is 8.05. The first-order chi connectivity index (χ1) is 13.7. The molecule has 0 unspecified atom stereocenters. The number of fused-ring (bicyclic) bond motifs is 2. The van der Waals surface area contributed by atoms with Crippen LogP contribution < -0.4 is 0 Å². The third-order valence-electron chi connectivity index (χ3n) is 6.07. The van der Waals surface area contributed by atoms with E-state index in [1.54, 1.807) is 0 Å². The van der Waals surface area contributed by atoms with Gasteiger partial charge in [0, 0.05) is 88.1 Å². The Kier molecular flexibility index (Phi) is 14.1. The summed E-state index contributed by atoms with van der Waals surface area (Å²) in [5, 5.41) is 0. The second-order valence-electron chi connectivity index (χ2n) is 8.05. The van der Waals surface area contributed by atoms with Gasteiger partial charge in [0.05, 0.1) is 0 Å². The summed E-state index contributed by atoms with van der Waals surface area (Å²) >= 11 is 0. The van der Waals surface area contributed by atoms with Crippen LogP contribution in [0.5, 0.6) is 0 Å². The molecule has 0 bridgehead atoms. The van der Waals surface area contributed by atoms with Crippen LogP contribution in [-0.4, -0.2) is 0 Å². The minimum atomic E-state index is 0. The van der Waals surface area contributed by atoms with Gasteiger partial charge in [-0.3, -0.25) is 0 Å². The minimum Gasteiger partial charge on any atom is -0.698 e. The summed E-state index contributed by atoms with van der Waals surface area (Å²) in [7, 11) is 0.